The maximum atomic E-state index is 4.10. The highest BCUT2D eigenvalue weighted by atomic mass is 15.5. The van der Waals surface area contributed by atoms with E-state index in [0.717, 1.165) is 11.3 Å². The highest BCUT2D eigenvalue weighted by Crippen LogP contribution is 2.16. The number of hydrogen-bond acceptors (Lipinski definition) is 2. The summed E-state index contributed by atoms with van der Waals surface area (Å²) in [6, 6.07) is 16.5. The SMILES string of the molecule is Cc1ccc(C=Cc2ccc(N=NN(C)C)cc2)cc1. The first-order valence-electron chi connectivity index (χ1n) is 6.57. The van der Waals surface area contributed by atoms with Gasteiger partial charge in [-0.3, -0.25) is 5.01 Å². The van der Waals surface area contributed by atoms with E-state index in [4.69, 9.17) is 0 Å². The summed E-state index contributed by atoms with van der Waals surface area (Å²) < 4.78 is 0. The summed E-state index contributed by atoms with van der Waals surface area (Å²) in [7, 11) is 3.70. The zero-order chi connectivity index (χ0) is 14.4. The van der Waals surface area contributed by atoms with Crippen LogP contribution in [0.25, 0.3) is 12.2 Å². The first-order valence-corrected chi connectivity index (χ1v) is 6.57. The van der Waals surface area contributed by atoms with Crippen LogP contribution in [-0.4, -0.2) is 19.1 Å². The van der Waals surface area contributed by atoms with E-state index in [2.05, 4.69) is 53.7 Å². The zero-order valence-electron chi connectivity index (χ0n) is 12.1. The number of nitrogens with zero attached hydrogens (tertiary/aromatic N) is 3. The standard InChI is InChI=1S/C17H19N3/c1-14-4-6-15(7-5-14)8-9-16-10-12-17(13-11-16)18-19-20(2)3/h4-13H,1-3H3. The molecular weight excluding hydrogens is 246 g/mol. The maximum Gasteiger partial charge on any atom is 0.0874 e. The molecule has 0 saturated carbocycles. The van der Waals surface area contributed by atoms with Crippen LogP contribution in [0, 0.1) is 6.92 Å². The van der Waals surface area contributed by atoms with E-state index in [1.807, 2.05) is 38.4 Å². The molecule has 0 amide bonds. The fourth-order valence-electron chi connectivity index (χ4n) is 1.66. The third kappa shape index (κ3) is 4.35. The molecule has 2 aromatic carbocycles. The van der Waals surface area contributed by atoms with Crippen LogP contribution in [0.3, 0.4) is 0 Å². The van der Waals surface area contributed by atoms with Gasteiger partial charge in [-0.1, -0.05) is 59.3 Å². The van der Waals surface area contributed by atoms with Gasteiger partial charge in [0.05, 0.1) is 5.69 Å². The molecule has 0 aliphatic carbocycles. The summed E-state index contributed by atoms with van der Waals surface area (Å²) in [6.45, 7) is 2.09. The Morgan fingerprint density at radius 1 is 0.800 bits per heavy atom. The lowest BCUT2D eigenvalue weighted by molar-refractivity contribution is 0.408. The predicted molar refractivity (Wildman–Crippen MR) is 84.8 cm³/mol. The molecule has 2 rings (SSSR count). The third-order valence-corrected chi connectivity index (χ3v) is 2.78. The van der Waals surface area contributed by atoms with Gasteiger partial charge in [0.25, 0.3) is 0 Å². The molecule has 3 heteroatoms. The van der Waals surface area contributed by atoms with Crippen LogP contribution < -0.4 is 0 Å². The van der Waals surface area contributed by atoms with Crippen LogP contribution >= 0.6 is 0 Å². The average molecular weight is 265 g/mol. The highest BCUT2D eigenvalue weighted by Gasteiger charge is 1.91. The van der Waals surface area contributed by atoms with Crippen molar-refractivity contribution in [2.45, 2.75) is 6.92 Å². The van der Waals surface area contributed by atoms with Crippen molar-refractivity contribution in [2.24, 2.45) is 10.3 Å². The molecule has 3 nitrogen and oxygen atoms in total. The summed E-state index contributed by atoms with van der Waals surface area (Å²) in [5, 5.41) is 9.74. The molecule has 0 N–H and O–H groups in total. The highest BCUT2D eigenvalue weighted by molar-refractivity contribution is 5.70. The Bertz CT molecular complexity index is 593. The number of aryl methyl sites for hydroxylation is 1. The summed E-state index contributed by atoms with van der Waals surface area (Å²) in [5.41, 5.74) is 4.48. The van der Waals surface area contributed by atoms with Crippen molar-refractivity contribution < 1.29 is 0 Å². The van der Waals surface area contributed by atoms with Gasteiger partial charge in [0, 0.05) is 14.1 Å². The Hall–Kier alpha value is -2.42. The second-order valence-electron chi connectivity index (χ2n) is 4.87. The molecule has 0 spiro atoms. The summed E-state index contributed by atoms with van der Waals surface area (Å²) >= 11 is 0. The summed E-state index contributed by atoms with van der Waals surface area (Å²) in [4.78, 5) is 0. The minimum Gasteiger partial charge on any atom is -0.285 e. The minimum absolute atomic E-state index is 0.853. The van der Waals surface area contributed by atoms with Crippen LogP contribution in [0.5, 0.6) is 0 Å². The van der Waals surface area contributed by atoms with E-state index in [9.17, 15) is 0 Å². The second kappa shape index (κ2) is 6.66. The Labute approximate surface area is 120 Å². The largest absolute Gasteiger partial charge is 0.285 e. The molecule has 2 aromatic rings. The molecule has 0 fully saturated rings. The van der Waals surface area contributed by atoms with Gasteiger partial charge in [0.1, 0.15) is 0 Å². The summed E-state index contributed by atoms with van der Waals surface area (Å²) in [5.74, 6) is 0. The van der Waals surface area contributed by atoms with Crippen LogP contribution in [0.4, 0.5) is 5.69 Å². The van der Waals surface area contributed by atoms with Crippen LogP contribution in [0.2, 0.25) is 0 Å². The van der Waals surface area contributed by atoms with E-state index in [1.54, 1.807) is 5.01 Å². The summed E-state index contributed by atoms with van der Waals surface area (Å²) in [6.07, 6.45) is 4.20. The van der Waals surface area contributed by atoms with Crippen molar-refractivity contribution in [3.63, 3.8) is 0 Å². The van der Waals surface area contributed by atoms with Crippen LogP contribution in [0.15, 0.2) is 58.9 Å². The van der Waals surface area contributed by atoms with Gasteiger partial charge >= 0.3 is 0 Å². The lowest BCUT2D eigenvalue weighted by Crippen LogP contribution is -1.98. The lowest BCUT2D eigenvalue weighted by Gasteiger charge is -2.00. The van der Waals surface area contributed by atoms with Gasteiger partial charge in [-0.05, 0) is 30.2 Å². The molecule has 20 heavy (non-hydrogen) atoms. The van der Waals surface area contributed by atoms with Crippen molar-refractivity contribution in [3.8, 4) is 0 Å². The second-order valence-corrected chi connectivity index (χ2v) is 4.87. The molecule has 0 radical (unpaired) electrons. The fraction of sp³-hybridized carbons (Fsp3) is 0.176. The van der Waals surface area contributed by atoms with E-state index in [1.165, 1.54) is 11.1 Å². The van der Waals surface area contributed by atoms with E-state index < -0.39 is 0 Å². The zero-order valence-corrected chi connectivity index (χ0v) is 12.1. The predicted octanol–water partition coefficient (Wildman–Crippen LogP) is 4.73. The number of benzene rings is 2. The van der Waals surface area contributed by atoms with Gasteiger partial charge in [-0.2, -0.15) is 0 Å². The van der Waals surface area contributed by atoms with E-state index in [-0.39, 0.29) is 0 Å². The molecule has 102 valence electrons. The molecule has 0 aliphatic rings. The van der Waals surface area contributed by atoms with Crippen molar-refractivity contribution in [1.29, 1.82) is 0 Å². The van der Waals surface area contributed by atoms with Crippen molar-refractivity contribution >= 4 is 17.8 Å². The first-order chi connectivity index (χ1) is 9.63. The molecule has 0 saturated heterocycles. The molecule has 0 unspecified atom stereocenters. The smallest absolute Gasteiger partial charge is 0.0874 e. The first kappa shape index (κ1) is 14.0. The molecule has 0 heterocycles. The Morgan fingerprint density at radius 2 is 1.30 bits per heavy atom. The van der Waals surface area contributed by atoms with E-state index in [0.29, 0.717) is 0 Å². The average Bonchev–Trinajstić information content (AvgIpc) is 2.45. The molecule has 0 bridgehead atoms. The Balaban J connectivity index is 2.05. The van der Waals surface area contributed by atoms with Gasteiger partial charge < -0.3 is 0 Å². The minimum atomic E-state index is 0.853. The van der Waals surface area contributed by atoms with Crippen molar-refractivity contribution in [1.82, 2.24) is 5.01 Å². The van der Waals surface area contributed by atoms with Gasteiger partial charge in [-0.15, -0.1) is 5.11 Å². The molecule has 0 aliphatic heterocycles. The number of hydrogen-bond donors (Lipinski definition) is 0. The lowest BCUT2D eigenvalue weighted by atomic mass is 10.1. The van der Waals surface area contributed by atoms with Crippen molar-refractivity contribution in [3.05, 3.63) is 65.2 Å². The molecular formula is C17H19N3. The Morgan fingerprint density at radius 3 is 1.80 bits per heavy atom. The van der Waals surface area contributed by atoms with Crippen LogP contribution in [0.1, 0.15) is 16.7 Å². The maximum absolute atomic E-state index is 4.10. The number of rotatable bonds is 4. The normalized spacial score (nSPS) is 11.3. The van der Waals surface area contributed by atoms with Gasteiger partial charge in [0.15, 0.2) is 0 Å². The quantitative estimate of drug-likeness (QED) is 0.446. The van der Waals surface area contributed by atoms with Crippen molar-refractivity contribution in [2.75, 3.05) is 14.1 Å². The van der Waals surface area contributed by atoms with Gasteiger partial charge in [0.2, 0.25) is 0 Å². The van der Waals surface area contributed by atoms with Crippen LogP contribution in [-0.2, 0) is 0 Å². The molecule has 0 atom stereocenters. The monoisotopic (exact) mass is 265 g/mol. The third-order valence-electron chi connectivity index (χ3n) is 2.78. The molecule has 0 aromatic heterocycles. The van der Waals surface area contributed by atoms with Gasteiger partial charge in [-0.25, -0.2) is 0 Å². The Kier molecular flexibility index (Phi) is 4.66. The fourth-order valence-corrected chi connectivity index (χ4v) is 1.66. The van der Waals surface area contributed by atoms with E-state index >= 15 is 0 Å². The topological polar surface area (TPSA) is 28.0 Å².